The normalized spacial score (nSPS) is 11.9. The molecule has 6 heteroatoms. The number of H-pyrrole nitrogens is 2. The van der Waals surface area contributed by atoms with Gasteiger partial charge in [-0.05, 0) is 38.5 Å². The molecule has 0 radical (unpaired) electrons. The summed E-state index contributed by atoms with van der Waals surface area (Å²) in [6, 6.07) is 5.29. The van der Waals surface area contributed by atoms with E-state index in [-0.39, 0.29) is 11.2 Å². The highest BCUT2D eigenvalue weighted by atomic mass is 35.5. The van der Waals surface area contributed by atoms with Crippen LogP contribution in [0.1, 0.15) is 37.6 Å². The lowest BCUT2D eigenvalue weighted by Crippen LogP contribution is -2.19. The van der Waals surface area contributed by atoms with Crippen LogP contribution in [0.15, 0.2) is 23.0 Å². The lowest BCUT2D eigenvalue weighted by atomic mass is 10.1. The summed E-state index contributed by atoms with van der Waals surface area (Å²) in [5, 5.41) is 6.54. The SMILES string of the molecule is CC(C)(C)OCc1[nH][nH]c(=O)c1Cc1c(Cl)cccc1Cl. The standard InChI is InChI=1S/C15H18Cl2N2O2/c1-15(2,3)21-8-13-10(14(20)19-18-13)7-9-11(16)5-4-6-12(9)17/h4-6H,7-8H2,1-3H3,(H2,18,19,20). The van der Waals surface area contributed by atoms with Gasteiger partial charge in [0.25, 0.3) is 5.56 Å². The molecule has 0 saturated carbocycles. The predicted molar refractivity (Wildman–Crippen MR) is 85.2 cm³/mol. The maximum Gasteiger partial charge on any atom is 0.267 e. The van der Waals surface area contributed by atoms with Crippen LogP contribution >= 0.6 is 23.2 Å². The second kappa shape index (κ2) is 6.26. The number of aromatic nitrogens is 2. The molecule has 0 aliphatic carbocycles. The van der Waals surface area contributed by atoms with Crippen molar-refractivity contribution in [2.75, 3.05) is 0 Å². The van der Waals surface area contributed by atoms with E-state index >= 15 is 0 Å². The molecule has 21 heavy (non-hydrogen) atoms. The number of ether oxygens (including phenoxy) is 1. The summed E-state index contributed by atoms with van der Waals surface area (Å²) in [6.45, 7) is 6.20. The minimum atomic E-state index is -0.284. The molecular formula is C15H18Cl2N2O2. The molecule has 2 N–H and O–H groups in total. The van der Waals surface area contributed by atoms with Gasteiger partial charge in [0.15, 0.2) is 0 Å². The van der Waals surface area contributed by atoms with Crippen molar-refractivity contribution in [1.29, 1.82) is 0 Å². The maximum atomic E-state index is 12.0. The van der Waals surface area contributed by atoms with Crippen LogP contribution in [0.5, 0.6) is 0 Å². The molecule has 0 aliphatic heterocycles. The summed E-state index contributed by atoms with van der Waals surface area (Å²) in [6.07, 6.45) is 0.361. The fraction of sp³-hybridized carbons (Fsp3) is 0.400. The zero-order valence-electron chi connectivity index (χ0n) is 12.2. The molecule has 0 bridgehead atoms. The van der Waals surface area contributed by atoms with Gasteiger partial charge in [-0.2, -0.15) is 0 Å². The van der Waals surface area contributed by atoms with E-state index in [1.165, 1.54) is 0 Å². The summed E-state index contributed by atoms with van der Waals surface area (Å²) in [5.41, 5.74) is 1.58. The van der Waals surface area contributed by atoms with Gasteiger partial charge in [-0.15, -0.1) is 0 Å². The third-order valence-corrected chi connectivity index (χ3v) is 3.74. The minimum absolute atomic E-state index is 0.182. The number of aromatic amines is 2. The summed E-state index contributed by atoms with van der Waals surface area (Å²) >= 11 is 12.3. The monoisotopic (exact) mass is 328 g/mol. The van der Waals surface area contributed by atoms with E-state index in [0.717, 1.165) is 5.56 Å². The first-order valence-corrected chi connectivity index (χ1v) is 7.39. The van der Waals surface area contributed by atoms with Gasteiger partial charge in [-0.25, -0.2) is 0 Å². The average molecular weight is 329 g/mol. The van der Waals surface area contributed by atoms with Gasteiger partial charge in [0.1, 0.15) is 0 Å². The highest BCUT2D eigenvalue weighted by molar-refractivity contribution is 6.36. The fourth-order valence-corrected chi connectivity index (χ4v) is 2.43. The van der Waals surface area contributed by atoms with E-state index < -0.39 is 0 Å². The largest absolute Gasteiger partial charge is 0.370 e. The Morgan fingerprint density at radius 3 is 2.29 bits per heavy atom. The van der Waals surface area contributed by atoms with E-state index in [1.54, 1.807) is 18.2 Å². The Morgan fingerprint density at radius 1 is 1.10 bits per heavy atom. The van der Waals surface area contributed by atoms with Gasteiger partial charge in [0.05, 0.1) is 17.9 Å². The van der Waals surface area contributed by atoms with Crippen LogP contribution in [0.3, 0.4) is 0 Å². The predicted octanol–water partition coefficient (Wildman–Crippen LogP) is 3.92. The Bertz CT molecular complexity index is 663. The number of hydrogen-bond acceptors (Lipinski definition) is 2. The van der Waals surface area contributed by atoms with Crippen molar-refractivity contribution in [1.82, 2.24) is 10.2 Å². The Hall–Kier alpha value is -1.23. The molecule has 2 rings (SSSR count). The summed E-state index contributed by atoms with van der Waals surface area (Å²) in [4.78, 5) is 12.0. The van der Waals surface area contributed by atoms with Crippen molar-refractivity contribution in [3.05, 3.63) is 55.4 Å². The van der Waals surface area contributed by atoms with Crippen molar-refractivity contribution < 1.29 is 4.74 Å². The molecule has 0 fully saturated rings. The first-order valence-electron chi connectivity index (χ1n) is 6.63. The van der Waals surface area contributed by atoms with Gasteiger partial charge in [-0.1, -0.05) is 29.3 Å². The van der Waals surface area contributed by atoms with E-state index in [1.807, 2.05) is 20.8 Å². The van der Waals surface area contributed by atoms with E-state index in [0.29, 0.717) is 34.3 Å². The third kappa shape index (κ3) is 4.13. The number of hydrogen-bond donors (Lipinski definition) is 2. The van der Waals surface area contributed by atoms with Crippen LogP contribution in [0.25, 0.3) is 0 Å². The molecule has 2 aromatic rings. The smallest absolute Gasteiger partial charge is 0.267 e. The summed E-state index contributed by atoms with van der Waals surface area (Å²) in [7, 11) is 0. The topological polar surface area (TPSA) is 57.9 Å². The molecule has 1 heterocycles. The Kier molecular flexibility index (Phi) is 4.81. The molecule has 0 spiro atoms. The molecule has 0 unspecified atom stereocenters. The highest BCUT2D eigenvalue weighted by Crippen LogP contribution is 2.27. The van der Waals surface area contributed by atoms with Crippen LogP contribution in [-0.2, 0) is 17.8 Å². The van der Waals surface area contributed by atoms with Crippen LogP contribution < -0.4 is 5.56 Å². The van der Waals surface area contributed by atoms with Crippen molar-refractivity contribution in [3.8, 4) is 0 Å². The molecule has 114 valence electrons. The Labute approximate surface area is 133 Å². The van der Waals surface area contributed by atoms with Crippen LogP contribution in [0, 0.1) is 0 Å². The maximum absolute atomic E-state index is 12.0. The molecule has 1 aromatic heterocycles. The quantitative estimate of drug-likeness (QED) is 0.893. The third-order valence-electron chi connectivity index (χ3n) is 3.03. The molecule has 0 saturated heterocycles. The number of nitrogens with one attached hydrogen (secondary N) is 2. The molecule has 1 aromatic carbocycles. The molecule has 4 nitrogen and oxygen atoms in total. The molecular weight excluding hydrogens is 311 g/mol. The fourth-order valence-electron chi connectivity index (χ4n) is 1.90. The first-order chi connectivity index (χ1) is 9.78. The summed E-state index contributed by atoms with van der Waals surface area (Å²) < 4.78 is 5.71. The number of rotatable bonds is 4. The van der Waals surface area contributed by atoms with E-state index in [9.17, 15) is 4.79 Å². The van der Waals surface area contributed by atoms with Gasteiger partial charge in [-0.3, -0.25) is 15.0 Å². The van der Waals surface area contributed by atoms with Gasteiger partial charge < -0.3 is 4.74 Å². The highest BCUT2D eigenvalue weighted by Gasteiger charge is 2.17. The zero-order chi connectivity index (χ0) is 15.6. The van der Waals surface area contributed by atoms with Crippen molar-refractivity contribution >= 4 is 23.2 Å². The van der Waals surface area contributed by atoms with Crippen LogP contribution in [-0.4, -0.2) is 15.8 Å². The average Bonchev–Trinajstić information content (AvgIpc) is 2.72. The van der Waals surface area contributed by atoms with Crippen LogP contribution in [0.2, 0.25) is 10.0 Å². The minimum Gasteiger partial charge on any atom is -0.370 e. The van der Waals surface area contributed by atoms with Crippen molar-refractivity contribution in [2.45, 2.75) is 39.4 Å². The molecule has 0 amide bonds. The second-order valence-corrected chi connectivity index (χ2v) is 6.63. The number of benzene rings is 1. The molecule has 0 aliphatic rings. The lowest BCUT2D eigenvalue weighted by molar-refractivity contribution is -0.0167. The van der Waals surface area contributed by atoms with Gasteiger partial charge in [0.2, 0.25) is 0 Å². The van der Waals surface area contributed by atoms with Gasteiger partial charge >= 0.3 is 0 Å². The van der Waals surface area contributed by atoms with Crippen molar-refractivity contribution in [3.63, 3.8) is 0 Å². The number of halogens is 2. The van der Waals surface area contributed by atoms with Crippen LogP contribution in [0.4, 0.5) is 0 Å². The van der Waals surface area contributed by atoms with Gasteiger partial charge in [0, 0.05) is 22.0 Å². The summed E-state index contributed by atoms with van der Waals surface area (Å²) in [5.74, 6) is 0. The first kappa shape index (κ1) is 16.1. The van der Waals surface area contributed by atoms with Crippen molar-refractivity contribution in [2.24, 2.45) is 0 Å². The molecule has 0 atom stereocenters. The van der Waals surface area contributed by atoms with E-state index in [4.69, 9.17) is 27.9 Å². The Balaban J connectivity index is 2.28. The Morgan fingerprint density at radius 2 is 1.71 bits per heavy atom. The lowest BCUT2D eigenvalue weighted by Gasteiger charge is -2.19. The van der Waals surface area contributed by atoms with E-state index in [2.05, 4.69) is 10.2 Å². The second-order valence-electron chi connectivity index (χ2n) is 5.81. The zero-order valence-corrected chi connectivity index (χ0v) is 13.7.